The Bertz CT molecular complexity index is 1050. The SMILES string of the molecule is CCCC(C)C1OCC(C2=CC=C(c3ccc(-c4ccc(OC)c(F)c4F)cc3)C(F)C2)CO1. The molecule has 1 saturated heterocycles. The summed E-state index contributed by atoms with van der Waals surface area (Å²) in [5.41, 5.74) is 2.92. The molecule has 6 heteroatoms. The molecule has 2 atom stereocenters. The lowest BCUT2D eigenvalue weighted by Crippen LogP contribution is -2.37. The van der Waals surface area contributed by atoms with Crippen molar-refractivity contribution in [1.29, 1.82) is 0 Å². The highest BCUT2D eigenvalue weighted by molar-refractivity contribution is 5.75. The van der Waals surface area contributed by atoms with Crippen LogP contribution in [0, 0.1) is 23.5 Å². The maximum Gasteiger partial charge on any atom is 0.201 e. The maximum absolute atomic E-state index is 15.2. The molecule has 0 radical (unpaired) electrons. The summed E-state index contributed by atoms with van der Waals surface area (Å²) in [6.45, 7) is 5.36. The molecule has 2 aromatic rings. The number of rotatable bonds is 7. The zero-order valence-corrected chi connectivity index (χ0v) is 19.8. The first-order chi connectivity index (χ1) is 16.4. The zero-order chi connectivity index (χ0) is 24.2. The lowest BCUT2D eigenvalue weighted by molar-refractivity contribution is -0.217. The van der Waals surface area contributed by atoms with Gasteiger partial charge in [-0.05, 0) is 35.3 Å². The normalized spacial score (nSPS) is 23.8. The quantitative estimate of drug-likeness (QED) is 0.430. The average molecular weight is 473 g/mol. The molecule has 4 rings (SSSR count). The Morgan fingerprint density at radius 2 is 1.65 bits per heavy atom. The molecule has 182 valence electrons. The van der Waals surface area contributed by atoms with Crippen LogP contribution in [0.1, 0.15) is 38.7 Å². The van der Waals surface area contributed by atoms with Crippen LogP contribution in [-0.4, -0.2) is 32.8 Å². The fourth-order valence-electron chi connectivity index (χ4n) is 4.67. The lowest BCUT2D eigenvalue weighted by atomic mass is 9.85. The van der Waals surface area contributed by atoms with Crippen molar-refractivity contribution in [3.63, 3.8) is 0 Å². The Morgan fingerprint density at radius 3 is 2.26 bits per heavy atom. The number of halogens is 3. The number of hydrogen-bond donors (Lipinski definition) is 0. The summed E-state index contributed by atoms with van der Waals surface area (Å²) in [6.07, 6.45) is 4.85. The van der Waals surface area contributed by atoms with E-state index in [2.05, 4.69) is 13.8 Å². The Balaban J connectivity index is 1.46. The van der Waals surface area contributed by atoms with Gasteiger partial charge in [-0.25, -0.2) is 8.78 Å². The van der Waals surface area contributed by atoms with Gasteiger partial charge in [0.2, 0.25) is 5.82 Å². The third-order valence-corrected chi connectivity index (χ3v) is 6.68. The third-order valence-electron chi connectivity index (χ3n) is 6.68. The number of allylic oxidation sites excluding steroid dienone is 3. The number of benzene rings is 2. The largest absolute Gasteiger partial charge is 0.494 e. The van der Waals surface area contributed by atoms with Crippen molar-refractivity contribution < 1.29 is 27.4 Å². The highest BCUT2D eigenvalue weighted by atomic mass is 19.2. The first-order valence-corrected chi connectivity index (χ1v) is 11.8. The van der Waals surface area contributed by atoms with Gasteiger partial charge >= 0.3 is 0 Å². The molecule has 0 N–H and O–H groups in total. The van der Waals surface area contributed by atoms with Crippen LogP contribution in [0.15, 0.2) is 54.1 Å². The summed E-state index contributed by atoms with van der Waals surface area (Å²) in [4.78, 5) is 0. The fraction of sp³-hybridized carbons (Fsp3) is 0.429. The smallest absolute Gasteiger partial charge is 0.201 e. The molecule has 0 saturated carbocycles. The van der Waals surface area contributed by atoms with Crippen molar-refractivity contribution in [3.05, 3.63) is 71.3 Å². The molecule has 0 amide bonds. The van der Waals surface area contributed by atoms with E-state index in [0.717, 1.165) is 18.4 Å². The van der Waals surface area contributed by atoms with Crippen LogP contribution in [0.3, 0.4) is 0 Å². The van der Waals surface area contributed by atoms with Crippen molar-refractivity contribution in [2.45, 2.75) is 45.6 Å². The second-order valence-corrected chi connectivity index (χ2v) is 9.05. The summed E-state index contributed by atoms with van der Waals surface area (Å²) in [7, 11) is 1.29. The average Bonchev–Trinajstić information content (AvgIpc) is 2.86. The predicted molar refractivity (Wildman–Crippen MR) is 127 cm³/mol. The Kier molecular flexibility index (Phi) is 7.79. The van der Waals surface area contributed by atoms with E-state index < -0.39 is 17.8 Å². The van der Waals surface area contributed by atoms with Gasteiger partial charge in [0.25, 0.3) is 0 Å². The van der Waals surface area contributed by atoms with Gasteiger partial charge in [0.1, 0.15) is 6.17 Å². The summed E-state index contributed by atoms with van der Waals surface area (Å²) in [6, 6.07) is 9.68. The van der Waals surface area contributed by atoms with Crippen molar-refractivity contribution in [3.8, 4) is 16.9 Å². The molecule has 1 fully saturated rings. The van der Waals surface area contributed by atoms with E-state index in [1.165, 1.54) is 19.2 Å². The minimum atomic E-state index is -1.15. The molecule has 0 spiro atoms. The predicted octanol–water partition coefficient (Wildman–Crippen LogP) is 7.12. The molecule has 2 aromatic carbocycles. The molecule has 2 aliphatic rings. The lowest BCUT2D eigenvalue weighted by Gasteiger charge is -2.35. The summed E-state index contributed by atoms with van der Waals surface area (Å²) in [5, 5.41) is 0. The van der Waals surface area contributed by atoms with Gasteiger partial charge in [-0.1, -0.05) is 62.3 Å². The van der Waals surface area contributed by atoms with E-state index >= 15 is 4.39 Å². The fourth-order valence-corrected chi connectivity index (χ4v) is 4.67. The van der Waals surface area contributed by atoms with E-state index in [-0.39, 0.29) is 23.5 Å². The van der Waals surface area contributed by atoms with Crippen molar-refractivity contribution in [1.82, 2.24) is 0 Å². The Morgan fingerprint density at radius 1 is 0.971 bits per heavy atom. The Hall–Kier alpha value is -2.57. The van der Waals surface area contributed by atoms with Crippen LogP contribution in [-0.2, 0) is 9.47 Å². The maximum atomic E-state index is 15.2. The first-order valence-electron chi connectivity index (χ1n) is 11.8. The van der Waals surface area contributed by atoms with Crippen LogP contribution in [0.2, 0.25) is 0 Å². The second-order valence-electron chi connectivity index (χ2n) is 9.05. The molecular weight excluding hydrogens is 441 g/mol. The van der Waals surface area contributed by atoms with Gasteiger partial charge < -0.3 is 14.2 Å². The molecule has 3 nitrogen and oxygen atoms in total. The molecule has 0 bridgehead atoms. The number of alkyl halides is 1. The van der Waals surface area contributed by atoms with E-state index in [1.807, 2.05) is 6.08 Å². The van der Waals surface area contributed by atoms with Crippen LogP contribution >= 0.6 is 0 Å². The number of ether oxygens (including phenoxy) is 3. The van der Waals surface area contributed by atoms with Crippen LogP contribution < -0.4 is 4.74 Å². The molecule has 1 aliphatic heterocycles. The van der Waals surface area contributed by atoms with Gasteiger partial charge in [-0.3, -0.25) is 0 Å². The zero-order valence-electron chi connectivity index (χ0n) is 19.8. The van der Waals surface area contributed by atoms with E-state index in [9.17, 15) is 8.78 Å². The molecular formula is C28H31F3O3. The van der Waals surface area contributed by atoms with Crippen LogP contribution in [0.5, 0.6) is 5.75 Å². The highest BCUT2D eigenvalue weighted by Gasteiger charge is 2.31. The summed E-state index contributed by atoms with van der Waals surface area (Å²) in [5.74, 6) is -1.74. The van der Waals surface area contributed by atoms with E-state index in [1.54, 1.807) is 30.3 Å². The van der Waals surface area contributed by atoms with Gasteiger partial charge in [0.05, 0.1) is 20.3 Å². The second kappa shape index (κ2) is 10.8. The summed E-state index contributed by atoms with van der Waals surface area (Å²) >= 11 is 0. The number of methoxy groups -OCH3 is 1. The van der Waals surface area contributed by atoms with Gasteiger partial charge in [-0.15, -0.1) is 0 Å². The van der Waals surface area contributed by atoms with Crippen molar-refractivity contribution in [2.24, 2.45) is 11.8 Å². The Labute approximate surface area is 199 Å². The van der Waals surface area contributed by atoms with Crippen molar-refractivity contribution in [2.75, 3.05) is 20.3 Å². The molecule has 1 heterocycles. The topological polar surface area (TPSA) is 27.7 Å². The molecule has 0 aromatic heterocycles. The molecule has 1 aliphatic carbocycles. The number of hydrogen-bond acceptors (Lipinski definition) is 3. The van der Waals surface area contributed by atoms with Gasteiger partial charge in [-0.2, -0.15) is 4.39 Å². The van der Waals surface area contributed by atoms with Gasteiger partial charge in [0.15, 0.2) is 17.9 Å². The van der Waals surface area contributed by atoms with E-state index in [4.69, 9.17) is 14.2 Å². The van der Waals surface area contributed by atoms with E-state index in [0.29, 0.717) is 42.3 Å². The minimum Gasteiger partial charge on any atom is -0.494 e. The summed E-state index contributed by atoms with van der Waals surface area (Å²) < 4.78 is 60.3. The monoisotopic (exact) mass is 472 g/mol. The molecule has 34 heavy (non-hydrogen) atoms. The minimum absolute atomic E-state index is 0.0523. The van der Waals surface area contributed by atoms with Gasteiger partial charge in [0, 0.05) is 23.8 Å². The first kappa shape index (κ1) is 24.6. The highest BCUT2D eigenvalue weighted by Crippen LogP contribution is 2.36. The molecule has 2 unspecified atom stereocenters. The van der Waals surface area contributed by atoms with Crippen LogP contribution in [0.4, 0.5) is 13.2 Å². The van der Waals surface area contributed by atoms with Crippen molar-refractivity contribution >= 4 is 5.57 Å². The third kappa shape index (κ3) is 5.08. The van der Waals surface area contributed by atoms with Crippen LogP contribution in [0.25, 0.3) is 16.7 Å². The standard InChI is InChI=1S/C28H31F3O3/c1-4-5-17(2)28-33-15-21(16-34-28)20-10-11-22(24(29)14-20)18-6-8-19(9-7-18)23-12-13-25(32-3)27(31)26(23)30/h6-13,17,21,24,28H,4-5,14-16H2,1-3H3.